The van der Waals surface area contributed by atoms with Crippen LogP contribution in [0.3, 0.4) is 0 Å². The van der Waals surface area contributed by atoms with Crippen LogP contribution in [0.15, 0.2) is 72.8 Å². The van der Waals surface area contributed by atoms with Gasteiger partial charge in [-0.25, -0.2) is 4.79 Å². The second kappa shape index (κ2) is 12.8. The number of hydrogen-bond acceptors (Lipinski definition) is 8. The van der Waals surface area contributed by atoms with E-state index in [9.17, 15) is 4.79 Å². The number of ether oxygens (including phenoxy) is 3. The maximum atomic E-state index is 12.0. The molecule has 1 aliphatic rings. The Bertz CT molecular complexity index is 1300. The topological polar surface area (TPSA) is 91.1 Å². The van der Waals surface area contributed by atoms with Crippen molar-refractivity contribution in [3.63, 3.8) is 0 Å². The summed E-state index contributed by atoms with van der Waals surface area (Å²) >= 11 is 0. The van der Waals surface area contributed by atoms with E-state index in [0.29, 0.717) is 18.1 Å². The number of nitrogens with zero attached hydrogens (tertiary/aromatic N) is 5. The molecule has 0 N–H and O–H groups in total. The molecule has 0 amide bonds. The maximum absolute atomic E-state index is 12.0. The minimum atomic E-state index is -0.567. The maximum Gasteiger partial charge on any atom is 0.378 e. The van der Waals surface area contributed by atoms with Crippen molar-refractivity contribution in [2.75, 3.05) is 26.2 Å². The highest BCUT2D eigenvalue weighted by molar-refractivity contribution is 5.85. The van der Waals surface area contributed by atoms with Gasteiger partial charge >= 0.3 is 5.97 Å². The first kappa shape index (κ1) is 26.8. The predicted molar refractivity (Wildman–Crippen MR) is 147 cm³/mol. The second-order valence-electron chi connectivity index (χ2n) is 9.99. The summed E-state index contributed by atoms with van der Waals surface area (Å²) in [5.74, 6) is -0.140. The second-order valence-corrected chi connectivity index (χ2v) is 9.99. The van der Waals surface area contributed by atoms with Crippen LogP contribution in [-0.4, -0.2) is 69.1 Å². The lowest BCUT2D eigenvalue weighted by Crippen LogP contribution is -2.38. The lowest BCUT2D eigenvalue weighted by atomic mass is 10.00. The summed E-state index contributed by atoms with van der Waals surface area (Å²) in [6, 6.07) is 24.4. The van der Waals surface area contributed by atoms with Gasteiger partial charge in [0.2, 0.25) is 5.88 Å². The molecule has 0 aliphatic carbocycles. The van der Waals surface area contributed by atoms with Crippen LogP contribution in [0.2, 0.25) is 0 Å². The summed E-state index contributed by atoms with van der Waals surface area (Å²) in [4.78, 5) is 18.7. The Balaban J connectivity index is 1.07. The highest BCUT2D eigenvalue weighted by Gasteiger charge is 2.24. The number of carbonyl (C=O) groups is 1. The molecule has 5 rings (SSSR count). The van der Waals surface area contributed by atoms with E-state index in [4.69, 9.17) is 14.2 Å². The molecule has 0 atom stereocenters. The first-order valence-corrected chi connectivity index (χ1v) is 13.6. The Morgan fingerprint density at radius 1 is 0.923 bits per heavy atom. The number of benzene rings is 2. The molecule has 2 aromatic carbocycles. The van der Waals surface area contributed by atoms with Crippen LogP contribution >= 0.6 is 0 Å². The molecule has 204 valence electrons. The summed E-state index contributed by atoms with van der Waals surface area (Å²) in [6.45, 7) is 7.04. The minimum Gasteiger partial charge on any atom is -0.477 e. The summed E-state index contributed by atoms with van der Waals surface area (Å²) in [5.41, 5.74) is 2.84. The number of aromatic nitrogens is 4. The first-order valence-electron chi connectivity index (χ1n) is 13.6. The van der Waals surface area contributed by atoms with Crippen LogP contribution in [0.25, 0.3) is 5.65 Å². The molecule has 0 unspecified atom stereocenters. The van der Waals surface area contributed by atoms with Crippen LogP contribution in [-0.2, 0) is 9.47 Å². The summed E-state index contributed by atoms with van der Waals surface area (Å²) in [6.07, 6.45) is 2.82. The van der Waals surface area contributed by atoms with Crippen molar-refractivity contribution in [2.24, 2.45) is 0 Å². The molecule has 0 spiro atoms. The van der Waals surface area contributed by atoms with Gasteiger partial charge in [-0.2, -0.15) is 4.98 Å². The summed E-state index contributed by atoms with van der Waals surface area (Å²) in [5, 5.41) is 8.43. The number of carbonyl (C=O) groups excluding carboxylic acids is 1. The van der Waals surface area contributed by atoms with E-state index in [-0.39, 0.29) is 24.1 Å². The molecule has 2 aromatic heterocycles. The van der Waals surface area contributed by atoms with Crippen molar-refractivity contribution in [1.82, 2.24) is 24.7 Å². The zero-order chi connectivity index (χ0) is 27.0. The third kappa shape index (κ3) is 7.19. The van der Waals surface area contributed by atoms with Gasteiger partial charge in [-0.1, -0.05) is 60.7 Å². The van der Waals surface area contributed by atoms with Crippen LogP contribution in [0.1, 0.15) is 61.0 Å². The molecule has 3 heterocycles. The van der Waals surface area contributed by atoms with Gasteiger partial charge in [0, 0.05) is 25.7 Å². The zero-order valence-corrected chi connectivity index (χ0v) is 22.5. The molecule has 4 aromatic rings. The van der Waals surface area contributed by atoms with E-state index in [2.05, 4.69) is 68.6 Å². The average molecular weight is 530 g/mol. The average Bonchev–Trinajstić information content (AvgIpc) is 3.39. The fourth-order valence-corrected chi connectivity index (χ4v) is 4.73. The molecule has 39 heavy (non-hydrogen) atoms. The zero-order valence-electron chi connectivity index (χ0n) is 22.5. The number of rotatable bonds is 11. The van der Waals surface area contributed by atoms with E-state index in [0.717, 1.165) is 38.9 Å². The van der Waals surface area contributed by atoms with E-state index in [1.165, 1.54) is 15.8 Å². The van der Waals surface area contributed by atoms with Crippen LogP contribution in [0.5, 0.6) is 5.88 Å². The van der Waals surface area contributed by atoms with E-state index < -0.39 is 5.97 Å². The third-order valence-corrected chi connectivity index (χ3v) is 6.64. The molecule has 9 heteroatoms. The van der Waals surface area contributed by atoms with Crippen molar-refractivity contribution >= 4 is 11.6 Å². The Labute approximate surface area is 228 Å². The smallest absolute Gasteiger partial charge is 0.378 e. The van der Waals surface area contributed by atoms with Crippen molar-refractivity contribution in [3.05, 3.63) is 89.7 Å². The quantitative estimate of drug-likeness (QED) is 0.203. The van der Waals surface area contributed by atoms with Crippen molar-refractivity contribution in [2.45, 2.75) is 51.4 Å². The van der Waals surface area contributed by atoms with E-state index in [1.54, 1.807) is 26.0 Å². The van der Waals surface area contributed by atoms with Crippen molar-refractivity contribution < 1.29 is 19.0 Å². The van der Waals surface area contributed by atoms with Crippen molar-refractivity contribution in [1.29, 1.82) is 0 Å². The molecule has 0 radical (unpaired) electrons. The van der Waals surface area contributed by atoms with E-state index in [1.807, 2.05) is 12.1 Å². The number of likely N-dealkylation sites (tertiary alicyclic amines) is 1. The molecule has 9 nitrogen and oxygen atoms in total. The number of esters is 1. The monoisotopic (exact) mass is 529 g/mol. The SMILES string of the molecule is CC(C)OC(=O)c1nc2ccc(OCCCN3CCC(OC(c4ccccc4)c4ccccc4)CC3)nn2n1. The van der Waals surface area contributed by atoms with E-state index >= 15 is 0 Å². The molecule has 0 bridgehead atoms. The predicted octanol–water partition coefficient (Wildman–Crippen LogP) is 4.73. The van der Waals surface area contributed by atoms with Crippen LogP contribution in [0, 0.1) is 0 Å². The molecule has 0 saturated carbocycles. The largest absolute Gasteiger partial charge is 0.477 e. The van der Waals surface area contributed by atoms with Gasteiger partial charge in [-0.3, -0.25) is 0 Å². The molecular formula is C30H35N5O4. The van der Waals surface area contributed by atoms with Gasteiger partial charge in [0.05, 0.1) is 18.8 Å². The summed E-state index contributed by atoms with van der Waals surface area (Å²) < 4.78 is 19.0. The van der Waals surface area contributed by atoms with Crippen molar-refractivity contribution in [3.8, 4) is 5.88 Å². The third-order valence-electron chi connectivity index (χ3n) is 6.64. The Kier molecular flexibility index (Phi) is 8.80. The molecule has 1 saturated heterocycles. The lowest BCUT2D eigenvalue weighted by molar-refractivity contribution is -0.0273. The fourth-order valence-electron chi connectivity index (χ4n) is 4.73. The first-order chi connectivity index (χ1) is 19.0. The Morgan fingerprint density at radius 2 is 1.59 bits per heavy atom. The number of fused-ring (bicyclic) bond motifs is 1. The highest BCUT2D eigenvalue weighted by atomic mass is 16.5. The standard InChI is InChI=1S/C30H35N5O4/c1-22(2)38-30(36)29-31-26-14-15-27(32-35(26)33-29)37-21-9-18-34-19-16-25(17-20-34)39-28(23-10-5-3-6-11-23)24-12-7-4-8-13-24/h3-8,10-15,22,25,28H,9,16-21H2,1-2H3. The van der Waals surface area contributed by atoms with Gasteiger partial charge < -0.3 is 19.1 Å². The van der Waals surface area contributed by atoms with Gasteiger partial charge in [0.25, 0.3) is 5.82 Å². The molecular weight excluding hydrogens is 494 g/mol. The molecule has 1 aliphatic heterocycles. The fraction of sp³-hybridized carbons (Fsp3) is 0.400. The number of piperidine rings is 1. The Morgan fingerprint density at radius 3 is 2.23 bits per heavy atom. The van der Waals surface area contributed by atoms with Gasteiger partial charge in [0.15, 0.2) is 5.65 Å². The normalized spacial score (nSPS) is 14.8. The van der Waals surface area contributed by atoms with Gasteiger partial charge in [-0.15, -0.1) is 14.8 Å². The highest BCUT2D eigenvalue weighted by Crippen LogP contribution is 2.30. The summed E-state index contributed by atoms with van der Waals surface area (Å²) in [7, 11) is 0. The van der Waals surface area contributed by atoms with Crippen LogP contribution in [0.4, 0.5) is 0 Å². The van der Waals surface area contributed by atoms with Gasteiger partial charge in [0.1, 0.15) is 6.10 Å². The van der Waals surface area contributed by atoms with Gasteiger partial charge in [-0.05, 0) is 50.3 Å². The molecule has 1 fully saturated rings. The van der Waals surface area contributed by atoms with Crippen LogP contribution < -0.4 is 4.74 Å². The Hall–Kier alpha value is -3.82. The lowest BCUT2D eigenvalue weighted by Gasteiger charge is -2.34. The minimum absolute atomic E-state index is 0.0143. The number of hydrogen-bond donors (Lipinski definition) is 0.